The molecule has 2 aromatic rings. The Kier molecular flexibility index (Phi) is 6.92. The maximum absolute atomic E-state index is 12.4. The molecule has 1 aliphatic rings. The van der Waals surface area contributed by atoms with E-state index in [0.717, 1.165) is 18.6 Å². The number of amides is 1. The fraction of sp³-hybridized carbons (Fsp3) is 0.458. The quantitative estimate of drug-likeness (QED) is 0.645. The zero-order valence-electron chi connectivity index (χ0n) is 16.6. The van der Waals surface area contributed by atoms with E-state index in [1.54, 1.807) is 0 Å². The SMILES string of the molecule is CC[C@H](NC(=O)CCCOc1ccc(C)cc1)c1ccc2c(c1)CCCC2. The predicted molar refractivity (Wildman–Crippen MR) is 110 cm³/mol. The number of aryl methyl sites for hydroxylation is 3. The Morgan fingerprint density at radius 1 is 1.07 bits per heavy atom. The summed E-state index contributed by atoms with van der Waals surface area (Å²) in [6, 6.07) is 14.9. The van der Waals surface area contributed by atoms with Crippen LogP contribution in [-0.2, 0) is 17.6 Å². The van der Waals surface area contributed by atoms with Gasteiger partial charge < -0.3 is 10.1 Å². The fourth-order valence-corrected chi connectivity index (χ4v) is 3.71. The molecular formula is C24H31NO2. The number of fused-ring (bicyclic) bond motifs is 1. The van der Waals surface area contributed by atoms with Crippen LogP contribution in [0, 0.1) is 6.92 Å². The molecule has 0 heterocycles. The number of hydrogen-bond acceptors (Lipinski definition) is 2. The average molecular weight is 366 g/mol. The van der Waals surface area contributed by atoms with Crippen molar-refractivity contribution in [2.75, 3.05) is 6.61 Å². The maximum Gasteiger partial charge on any atom is 0.220 e. The van der Waals surface area contributed by atoms with E-state index < -0.39 is 0 Å². The maximum atomic E-state index is 12.4. The topological polar surface area (TPSA) is 38.3 Å². The number of nitrogens with one attached hydrogen (secondary N) is 1. The predicted octanol–water partition coefficient (Wildman–Crippen LogP) is 5.30. The lowest BCUT2D eigenvalue weighted by Crippen LogP contribution is -2.28. The van der Waals surface area contributed by atoms with E-state index in [-0.39, 0.29) is 11.9 Å². The molecule has 3 rings (SSSR count). The second kappa shape index (κ2) is 9.59. The van der Waals surface area contributed by atoms with Gasteiger partial charge >= 0.3 is 0 Å². The van der Waals surface area contributed by atoms with E-state index in [4.69, 9.17) is 4.74 Å². The van der Waals surface area contributed by atoms with Gasteiger partial charge in [0, 0.05) is 6.42 Å². The van der Waals surface area contributed by atoms with Gasteiger partial charge in [-0.25, -0.2) is 0 Å². The normalized spacial score (nSPS) is 14.3. The van der Waals surface area contributed by atoms with Crippen LogP contribution in [0.25, 0.3) is 0 Å². The molecule has 3 nitrogen and oxygen atoms in total. The molecule has 27 heavy (non-hydrogen) atoms. The lowest BCUT2D eigenvalue weighted by atomic mass is 9.89. The third kappa shape index (κ3) is 5.59. The van der Waals surface area contributed by atoms with E-state index >= 15 is 0 Å². The Morgan fingerprint density at radius 2 is 1.81 bits per heavy atom. The molecule has 1 atom stereocenters. The number of carbonyl (C=O) groups excluding carboxylic acids is 1. The zero-order chi connectivity index (χ0) is 19.1. The summed E-state index contributed by atoms with van der Waals surface area (Å²) in [4.78, 5) is 12.4. The Labute approximate surface area is 163 Å². The highest BCUT2D eigenvalue weighted by atomic mass is 16.5. The molecule has 0 bridgehead atoms. The van der Waals surface area contributed by atoms with Crippen molar-refractivity contribution in [3.8, 4) is 5.75 Å². The minimum Gasteiger partial charge on any atom is -0.494 e. The number of benzene rings is 2. The minimum atomic E-state index is 0.0998. The summed E-state index contributed by atoms with van der Waals surface area (Å²) in [6.45, 7) is 4.75. The molecule has 1 amide bonds. The molecule has 1 aliphatic carbocycles. The van der Waals surface area contributed by atoms with Gasteiger partial charge in [-0.3, -0.25) is 4.79 Å². The van der Waals surface area contributed by atoms with E-state index in [1.807, 2.05) is 24.3 Å². The highest BCUT2D eigenvalue weighted by molar-refractivity contribution is 5.76. The molecule has 144 valence electrons. The lowest BCUT2D eigenvalue weighted by Gasteiger charge is -2.21. The van der Waals surface area contributed by atoms with Crippen LogP contribution in [0.2, 0.25) is 0 Å². The van der Waals surface area contributed by atoms with Crippen LogP contribution in [0.3, 0.4) is 0 Å². The molecule has 0 unspecified atom stereocenters. The first-order valence-corrected chi connectivity index (χ1v) is 10.3. The summed E-state index contributed by atoms with van der Waals surface area (Å²) in [7, 11) is 0. The lowest BCUT2D eigenvalue weighted by molar-refractivity contribution is -0.122. The molecule has 3 heteroatoms. The molecule has 0 saturated carbocycles. The first-order chi connectivity index (χ1) is 13.2. The van der Waals surface area contributed by atoms with E-state index in [1.165, 1.54) is 47.9 Å². The van der Waals surface area contributed by atoms with Gasteiger partial charge in [-0.1, -0.05) is 42.8 Å². The van der Waals surface area contributed by atoms with Gasteiger partial charge in [-0.2, -0.15) is 0 Å². The molecule has 1 N–H and O–H groups in total. The molecule has 0 aromatic heterocycles. The van der Waals surface area contributed by atoms with Crippen molar-refractivity contribution in [3.05, 3.63) is 64.7 Å². The van der Waals surface area contributed by atoms with Crippen molar-refractivity contribution in [1.29, 1.82) is 0 Å². The Hall–Kier alpha value is -2.29. The van der Waals surface area contributed by atoms with E-state index in [2.05, 4.69) is 37.4 Å². The summed E-state index contributed by atoms with van der Waals surface area (Å²) in [5.74, 6) is 0.966. The monoisotopic (exact) mass is 365 g/mol. The number of carbonyl (C=O) groups is 1. The number of rotatable bonds is 8. The summed E-state index contributed by atoms with van der Waals surface area (Å²) < 4.78 is 5.71. The smallest absolute Gasteiger partial charge is 0.220 e. The van der Waals surface area contributed by atoms with Crippen molar-refractivity contribution in [2.45, 2.75) is 64.8 Å². The molecule has 0 aliphatic heterocycles. The third-order valence-electron chi connectivity index (χ3n) is 5.36. The minimum absolute atomic E-state index is 0.0998. The summed E-state index contributed by atoms with van der Waals surface area (Å²) >= 11 is 0. The first-order valence-electron chi connectivity index (χ1n) is 10.3. The first kappa shape index (κ1) is 19.5. The van der Waals surface area contributed by atoms with Gasteiger partial charge in [0.25, 0.3) is 0 Å². The van der Waals surface area contributed by atoms with E-state index in [9.17, 15) is 4.79 Å². The van der Waals surface area contributed by atoms with E-state index in [0.29, 0.717) is 13.0 Å². The standard InChI is InChI=1S/C24H31NO2/c1-3-23(21-13-12-19-7-4-5-8-20(19)17-21)25-24(26)9-6-16-27-22-14-10-18(2)11-15-22/h10-15,17,23H,3-9,16H2,1-2H3,(H,25,26)/t23-/m0/s1. The van der Waals surface area contributed by atoms with Crippen molar-refractivity contribution in [1.82, 2.24) is 5.32 Å². The van der Waals surface area contributed by atoms with Crippen molar-refractivity contribution in [2.24, 2.45) is 0 Å². The second-order valence-electron chi connectivity index (χ2n) is 7.53. The highest BCUT2D eigenvalue weighted by Crippen LogP contribution is 2.26. The van der Waals surface area contributed by atoms with Gasteiger partial charge in [0.15, 0.2) is 0 Å². The molecule has 0 saturated heterocycles. The van der Waals surface area contributed by atoms with Crippen LogP contribution >= 0.6 is 0 Å². The van der Waals surface area contributed by atoms with Crippen LogP contribution in [-0.4, -0.2) is 12.5 Å². The van der Waals surface area contributed by atoms with Crippen LogP contribution in [0.4, 0.5) is 0 Å². The van der Waals surface area contributed by atoms with Gasteiger partial charge in [-0.05, 0) is 74.3 Å². The summed E-state index contributed by atoms with van der Waals surface area (Å²) in [5.41, 5.74) is 5.41. The molecule has 0 radical (unpaired) electrons. The van der Waals surface area contributed by atoms with Crippen LogP contribution in [0.15, 0.2) is 42.5 Å². The van der Waals surface area contributed by atoms with Gasteiger partial charge in [0.1, 0.15) is 5.75 Å². The third-order valence-corrected chi connectivity index (χ3v) is 5.36. The molecule has 0 fully saturated rings. The Morgan fingerprint density at radius 3 is 2.56 bits per heavy atom. The van der Waals surface area contributed by atoms with Crippen LogP contribution in [0.5, 0.6) is 5.75 Å². The van der Waals surface area contributed by atoms with Crippen LogP contribution < -0.4 is 10.1 Å². The van der Waals surface area contributed by atoms with Crippen molar-refractivity contribution >= 4 is 5.91 Å². The summed E-state index contributed by atoms with van der Waals surface area (Å²) in [6.07, 6.45) is 7.06. The average Bonchev–Trinajstić information content (AvgIpc) is 2.70. The number of hydrogen-bond donors (Lipinski definition) is 1. The zero-order valence-corrected chi connectivity index (χ0v) is 16.6. The van der Waals surface area contributed by atoms with Crippen molar-refractivity contribution < 1.29 is 9.53 Å². The van der Waals surface area contributed by atoms with Crippen LogP contribution in [0.1, 0.15) is 67.3 Å². The van der Waals surface area contributed by atoms with Gasteiger partial charge in [0.05, 0.1) is 12.6 Å². The fourth-order valence-electron chi connectivity index (χ4n) is 3.71. The van der Waals surface area contributed by atoms with Gasteiger partial charge in [-0.15, -0.1) is 0 Å². The Bertz CT molecular complexity index is 751. The van der Waals surface area contributed by atoms with Crippen molar-refractivity contribution in [3.63, 3.8) is 0 Å². The van der Waals surface area contributed by atoms with Gasteiger partial charge in [0.2, 0.25) is 5.91 Å². The second-order valence-corrected chi connectivity index (χ2v) is 7.53. The largest absolute Gasteiger partial charge is 0.494 e. The highest BCUT2D eigenvalue weighted by Gasteiger charge is 2.16. The Balaban J connectivity index is 1.46. The number of ether oxygens (including phenoxy) is 1. The molecule has 0 spiro atoms. The molecular weight excluding hydrogens is 334 g/mol. The summed E-state index contributed by atoms with van der Waals surface area (Å²) in [5, 5.41) is 3.20. The molecule has 2 aromatic carbocycles.